The van der Waals surface area contributed by atoms with Gasteiger partial charge in [0.1, 0.15) is 0 Å². The van der Waals surface area contributed by atoms with E-state index in [4.69, 9.17) is 0 Å². The van der Waals surface area contributed by atoms with E-state index in [1.165, 1.54) is 7.11 Å². The van der Waals surface area contributed by atoms with Crippen molar-refractivity contribution in [3.8, 4) is 0 Å². The summed E-state index contributed by atoms with van der Waals surface area (Å²) in [6, 6.07) is 6.61. The number of carbonyl (C=O) groups is 1. The van der Waals surface area contributed by atoms with Crippen LogP contribution in [-0.4, -0.2) is 23.0 Å². The zero-order valence-corrected chi connectivity index (χ0v) is 8.97. The van der Waals surface area contributed by atoms with Crippen molar-refractivity contribution in [2.24, 2.45) is 0 Å². The van der Waals surface area contributed by atoms with Crippen LogP contribution in [0.4, 0.5) is 0 Å². The molecule has 0 N–H and O–H groups in total. The Balaban J connectivity index is 2.89. The molecule has 1 unspecified atom stereocenters. The summed E-state index contributed by atoms with van der Waals surface area (Å²) < 4.78 is 15.9. The Morgan fingerprint density at radius 3 is 2.36 bits per heavy atom. The Morgan fingerprint density at radius 2 is 1.93 bits per heavy atom. The lowest BCUT2D eigenvalue weighted by Crippen LogP contribution is -2.01. The van der Waals surface area contributed by atoms with Crippen molar-refractivity contribution in [3.05, 3.63) is 29.8 Å². The first-order valence-corrected chi connectivity index (χ1v) is 5.57. The van der Waals surface area contributed by atoms with Crippen molar-refractivity contribution in [2.75, 3.05) is 12.9 Å². The molecule has 1 rings (SSSR count). The third-order valence-electron chi connectivity index (χ3n) is 1.80. The lowest BCUT2D eigenvalue weighted by atomic mass is 10.2. The van der Waals surface area contributed by atoms with Gasteiger partial charge in [-0.1, -0.05) is 6.92 Å². The molecule has 0 aliphatic carbocycles. The van der Waals surface area contributed by atoms with Gasteiger partial charge in [-0.15, -0.1) is 0 Å². The van der Waals surface area contributed by atoms with Crippen LogP contribution in [-0.2, 0) is 15.5 Å². The van der Waals surface area contributed by atoms with E-state index >= 15 is 0 Å². The Hall–Kier alpha value is -1.16. The molecule has 0 aliphatic rings. The van der Waals surface area contributed by atoms with E-state index in [9.17, 15) is 9.00 Å². The lowest BCUT2D eigenvalue weighted by molar-refractivity contribution is 0.0600. The molecule has 3 nitrogen and oxygen atoms in total. The van der Waals surface area contributed by atoms with E-state index in [1.54, 1.807) is 24.3 Å². The van der Waals surface area contributed by atoms with Gasteiger partial charge in [-0.05, 0) is 24.3 Å². The fourth-order valence-corrected chi connectivity index (χ4v) is 1.80. The van der Waals surface area contributed by atoms with Crippen LogP contribution in [0.5, 0.6) is 0 Å². The predicted molar refractivity (Wildman–Crippen MR) is 54.7 cm³/mol. The minimum Gasteiger partial charge on any atom is -0.465 e. The summed E-state index contributed by atoms with van der Waals surface area (Å²) in [5.74, 6) is 0.205. The fraction of sp³-hybridized carbons (Fsp3) is 0.300. The maximum absolute atomic E-state index is 11.4. The van der Waals surface area contributed by atoms with Crippen molar-refractivity contribution < 1.29 is 13.7 Å². The second kappa shape index (κ2) is 4.91. The van der Waals surface area contributed by atoms with Crippen LogP contribution >= 0.6 is 0 Å². The molecule has 0 aliphatic heterocycles. The predicted octanol–water partition coefficient (Wildman–Crippen LogP) is 1.60. The van der Waals surface area contributed by atoms with Crippen LogP contribution in [0.3, 0.4) is 0 Å². The Kier molecular flexibility index (Phi) is 3.83. The molecule has 0 amide bonds. The van der Waals surface area contributed by atoms with Crippen molar-refractivity contribution in [2.45, 2.75) is 11.8 Å². The minimum atomic E-state index is -0.966. The SMILES string of the molecule is CCS(=O)c1ccc(C(=O)OC)cc1. The number of hydrogen-bond acceptors (Lipinski definition) is 3. The largest absolute Gasteiger partial charge is 0.465 e. The van der Waals surface area contributed by atoms with Crippen LogP contribution in [0.15, 0.2) is 29.2 Å². The quantitative estimate of drug-likeness (QED) is 0.715. The highest BCUT2D eigenvalue weighted by atomic mass is 32.2. The smallest absolute Gasteiger partial charge is 0.337 e. The molecule has 14 heavy (non-hydrogen) atoms. The lowest BCUT2D eigenvalue weighted by Gasteiger charge is -2.01. The van der Waals surface area contributed by atoms with Gasteiger partial charge in [0.25, 0.3) is 0 Å². The molecule has 0 bridgehead atoms. The molecule has 1 aromatic carbocycles. The van der Waals surface area contributed by atoms with Gasteiger partial charge < -0.3 is 4.74 Å². The molecule has 0 heterocycles. The first kappa shape index (κ1) is 10.9. The summed E-state index contributed by atoms with van der Waals surface area (Å²) >= 11 is 0. The summed E-state index contributed by atoms with van der Waals surface area (Å²) in [6.45, 7) is 1.85. The van der Waals surface area contributed by atoms with Crippen molar-refractivity contribution in [1.82, 2.24) is 0 Å². The van der Waals surface area contributed by atoms with E-state index in [-0.39, 0.29) is 5.97 Å². The summed E-state index contributed by atoms with van der Waals surface area (Å²) in [4.78, 5) is 11.8. The number of hydrogen-bond donors (Lipinski definition) is 0. The second-order valence-corrected chi connectivity index (χ2v) is 4.39. The summed E-state index contributed by atoms with van der Waals surface area (Å²) in [5, 5.41) is 0. The first-order chi connectivity index (χ1) is 6.69. The molecule has 1 aromatic rings. The van der Waals surface area contributed by atoms with Crippen molar-refractivity contribution >= 4 is 16.8 Å². The van der Waals surface area contributed by atoms with Gasteiger partial charge in [0.05, 0.1) is 23.5 Å². The third-order valence-corrected chi connectivity index (χ3v) is 3.12. The van der Waals surface area contributed by atoms with Gasteiger partial charge in [0, 0.05) is 10.6 Å². The molecule has 0 spiro atoms. The molecule has 0 aromatic heterocycles. The minimum absolute atomic E-state index is 0.376. The maximum atomic E-state index is 11.4. The number of rotatable bonds is 3. The van der Waals surface area contributed by atoms with Crippen molar-refractivity contribution in [1.29, 1.82) is 0 Å². The van der Waals surface area contributed by atoms with Gasteiger partial charge in [0.2, 0.25) is 0 Å². The normalized spacial score (nSPS) is 12.1. The Bertz CT molecular complexity index is 308. The molecule has 0 saturated carbocycles. The zero-order chi connectivity index (χ0) is 10.6. The molecule has 1 atom stereocenters. The van der Waals surface area contributed by atoms with Gasteiger partial charge in [0.15, 0.2) is 0 Å². The van der Waals surface area contributed by atoms with Crippen LogP contribution in [0.2, 0.25) is 0 Å². The summed E-state index contributed by atoms with van der Waals surface area (Å²) in [7, 11) is 0.368. The first-order valence-electron chi connectivity index (χ1n) is 4.25. The standard InChI is InChI=1S/C10H12O3S/c1-3-14(12)9-6-4-8(5-7-9)10(11)13-2/h4-7H,3H2,1-2H3. The molecular formula is C10H12O3S. The van der Waals surface area contributed by atoms with Crippen LogP contribution in [0.1, 0.15) is 17.3 Å². The maximum Gasteiger partial charge on any atom is 0.337 e. The van der Waals surface area contributed by atoms with Crippen LogP contribution < -0.4 is 0 Å². The Labute approximate surface area is 85.5 Å². The highest BCUT2D eigenvalue weighted by Crippen LogP contribution is 2.09. The molecule has 4 heteroatoms. The molecule has 0 fully saturated rings. The van der Waals surface area contributed by atoms with Gasteiger partial charge in [-0.25, -0.2) is 4.79 Å². The number of carbonyl (C=O) groups excluding carboxylic acids is 1. The average molecular weight is 212 g/mol. The van der Waals surface area contributed by atoms with Gasteiger partial charge in [-0.2, -0.15) is 0 Å². The van der Waals surface area contributed by atoms with E-state index in [0.29, 0.717) is 11.3 Å². The topological polar surface area (TPSA) is 43.4 Å². The van der Waals surface area contributed by atoms with E-state index in [0.717, 1.165) is 4.90 Å². The van der Waals surface area contributed by atoms with Crippen LogP contribution in [0, 0.1) is 0 Å². The summed E-state index contributed by atoms with van der Waals surface area (Å²) in [5.41, 5.74) is 0.476. The zero-order valence-electron chi connectivity index (χ0n) is 8.15. The number of methoxy groups -OCH3 is 1. The van der Waals surface area contributed by atoms with Crippen molar-refractivity contribution in [3.63, 3.8) is 0 Å². The average Bonchev–Trinajstić information content (AvgIpc) is 2.27. The molecule has 0 radical (unpaired) electrons. The number of benzene rings is 1. The van der Waals surface area contributed by atoms with E-state index in [1.807, 2.05) is 6.92 Å². The molecule has 0 saturated heterocycles. The van der Waals surface area contributed by atoms with Gasteiger partial charge >= 0.3 is 5.97 Å². The second-order valence-electron chi connectivity index (χ2n) is 2.65. The highest BCUT2D eigenvalue weighted by Gasteiger charge is 2.06. The third kappa shape index (κ3) is 2.42. The number of esters is 1. The van der Waals surface area contributed by atoms with E-state index in [2.05, 4.69) is 4.74 Å². The van der Waals surface area contributed by atoms with Gasteiger partial charge in [-0.3, -0.25) is 4.21 Å². The molecule has 76 valence electrons. The summed E-state index contributed by atoms with van der Waals surface area (Å²) in [6.07, 6.45) is 0. The fourth-order valence-electron chi connectivity index (χ4n) is 1.03. The monoisotopic (exact) mass is 212 g/mol. The van der Waals surface area contributed by atoms with Crippen LogP contribution in [0.25, 0.3) is 0 Å². The van der Waals surface area contributed by atoms with E-state index < -0.39 is 10.8 Å². The Morgan fingerprint density at radius 1 is 1.36 bits per heavy atom. The number of ether oxygens (including phenoxy) is 1. The highest BCUT2D eigenvalue weighted by molar-refractivity contribution is 7.85. The molecular weight excluding hydrogens is 200 g/mol.